The van der Waals surface area contributed by atoms with Crippen molar-refractivity contribution < 1.29 is 23.9 Å². The standard InChI is InChI=1S/C18H23N3O5/c1-11(2)8-19-15(22)9-21-16(23)18(3,20-17(21)24)7-12-4-5-13-14(6-12)26-10-25-13/h4-6,11H,7-10H2,1-3H3,(H,19,22)(H,20,24). The molecule has 0 spiro atoms. The fraction of sp³-hybridized carbons (Fsp3) is 0.500. The van der Waals surface area contributed by atoms with Gasteiger partial charge in [-0.3, -0.25) is 14.5 Å². The van der Waals surface area contributed by atoms with Crippen LogP contribution in [-0.2, 0) is 16.0 Å². The summed E-state index contributed by atoms with van der Waals surface area (Å²) in [5, 5.41) is 5.41. The zero-order chi connectivity index (χ0) is 18.9. The number of amides is 4. The van der Waals surface area contributed by atoms with Crippen molar-refractivity contribution in [3.05, 3.63) is 23.8 Å². The van der Waals surface area contributed by atoms with Crippen molar-refractivity contribution >= 4 is 17.8 Å². The molecule has 2 aliphatic heterocycles. The molecule has 8 nitrogen and oxygen atoms in total. The molecule has 1 aromatic rings. The fourth-order valence-electron chi connectivity index (χ4n) is 2.99. The summed E-state index contributed by atoms with van der Waals surface area (Å²) in [5.74, 6) is 0.796. The van der Waals surface area contributed by atoms with E-state index in [2.05, 4.69) is 10.6 Å². The van der Waals surface area contributed by atoms with Crippen molar-refractivity contribution in [2.75, 3.05) is 19.9 Å². The number of hydrogen-bond acceptors (Lipinski definition) is 5. The largest absolute Gasteiger partial charge is 0.454 e. The summed E-state index contributed by atoms with van der Waals surface area (Å²) in [6.45, 7) is 5.98. The minimum absolute atomic E-state index is 0.172. The molecule has 1 fully saturated rings. The average Bonchev–Trinajstić information content (AvgIpc) is 3.11. The number of ether oxygens (including phenoxy) is 2. The number of benzene rings is 1. The molecule has 0 saturated carbocycles. The smallest absolute Gasteiger partial charge is 0.325 e. The molecule has 2 heterocycles. The molecule has 0 aliphatic carbocycles. The maximum absolute atomic E-state index is 12.8. The van der Waals surface area contributed by atoms with Gasteiger partial charge in [0.25, 0.3) is 5.91 Å². The minimum atomic E-state index is -1.11. The van der Waals surface area contributed by atoms with Gasteiger partial charge in [0.1, 0.15) is 12.1 Å². The highest BCUT2D eigenvalue weighted by Crippen LogP contribution is 2.34. The fourth-order valence-corrected chi connectivity index (χ4v) is 2.99. The first kappa shape index (κ1) is 18.0. The summed E-state index contributed by atoms with van der Waals surface area (Å²) in [6, 6.07) is 4.85. The first-order chi connectivity index (χ1) is 12.3. The molecule has 2 N–H and O–H groups in total. The number of imide groups is 1. The van der Waals surface area contributed by atoms with Gasteiger partial charge in [-0.25, -0.2) is 4.79 Å². The molecule has 8 heteroatoms. The maximum Gasteiger partial charge on any atom is 0.325 e. The van der Waals surface area contributed by atoms with Gasteiger partial charge in [0.05, 0.1) is 0 Å². The minimum Gasteiger partial charge on any atom is -0.454 e. The predicted molar refractivity (Wildman–Crippen MR) is 92.8 cm³/mol. The van der Waals surface area contributed by atoms with Gasteiger partial charge < -0.3 is 20.1 Å². The van der Waals surface area contributed by atoms with Crippen LogP contribution < -0.4 is 20.1 Å². The van der Waals surface area contributed by atoms with Gasteiger partial charge in [0.2, 0.25) is 12.7 Å². The number of nitrogens with zero attached hydrogens (tertiary/aromatic N) is 1. The highest BCUT2D eigenvalue weighted by Gasteiger charge is 2.48. The molecule has 1 unspecified atom stereocenters. The number of rotatable bonds is 6. The van der Waals surface area contributed by atoms with Gasteiger partial charge in [0.15, 0.2) is 11.5 Å². The lowest BCUT2D eigenvalue weighted by atomic mass is 9.92. The number of urea groups is 1. The van der Waals surface area contributed by atoms with E-state index >= 15 is 0 Å². The van der Waals surface area contributed by atoms with Crippen molar-refractivity contribution in [3.63, 3.8) is 0 Å². The zero-order valence-electron chi connectivity index (χ0n) is 15.1. The number of nitrogens with one attached hydrogen (secondary N) is 2. The maximum atomic E-state index is 12.8. The highest BCUT2D eigenvalue weighted by atomic mass is 16.7. The molecule has 2 aliphatic rings. The SMILES string of the molecule is CC(C)CNC(=O)CN1C(=O)NC(C)(Cc2ccc3c(c2)OCO3)C1=O. The Morgan fingerprint density at radius 1 is 1.31 bits per heavy atom. The van der Waals surface area contributed by atoms with Crippen LogP contribution in [0.4, 0.5) is 4.79 Å². The van der Waals surface area contributed by atoms with Crippen LogP contribution in [0.15, 0.2) is 18.2 Å². The average molecular weight is 361 g/mol. The van der Waals surface area contributed by atoms with Crippen LogP contribution >= 0.6 is 0 Å². The van der Waals surface area contributed by atoms with Crippen LogP contribution in [0.3, 0.4) is 0 Å². The second kappa shape index (κ2) is 6.86. The molecular weight excluding hydrogens is 338 g/mol. The van der Waals surface area contributed by atoms with Crippen molar-refractivity contribution in [2.24, 2.45) is 5.92 Å². The first-order valence-electron chi connectivity index (χ1n) is 8.58. The van der Waals surface area contributed by atoms with E-state index in [1.54, 1.807) is 19.1 Å². The van der Waals surface area contributed by atoms with Crippen LogP contribution in [0, 0.1) is 5.92 Å². The summed E-state index contributed by atoms with van der Waals surface area (Å²) in [6.07, 6.45) is 0.290. The van der Waals surface area contributed by atoms with Crippen molar-refractivity contribution in [3.8, 4) is 11.5 Å². The molecule has 0 bridgehead atoms. The second-order valence-corrected chi connectivity index (χ2v) is 7.22. The Labute approximate surface area is 151 Å². The summed E-state index contributed by atoms with van der Waals surface area (Å²) in [5.41, 5.74) is -0.278. The van der Waals surface area contributed by atoms with Crippen LogP contribution in [0.5, 0.6) is 11.5 Å². The van der Waals surface area contributed by atoms with E-state index in [1.807, 2.05) is 19.9 Å². The Morgan fingerprint density at radius 3 is 2.77 bits per heavy atom. The van der Waals surface area contributed by atoms with Crippen molar-refractivity contribution in [2.45, 2.75) is 32.7 Å². The number of carbonyl (C=O) groups is 3. The predicted octanol–water partition coefficient (Wildman–Crippen LogP) is 1.04. The lowest BCUT2D eigenvalue weighted by Crippen LogP contribution is -2.47. The third-order valence-electron chi connectivity index (χ3n) is 4.35. The summed E-state index contributed by atoms with van der Waals surface area (Å²) in [4.78, 5) is 37.9. The van der Waals surface area contributed by atoms with Crippen LogP contribution in [0.1, 0.15) is 26.3 Å². The molecular formula is C18H23N3O5. The number of fused-ring (bicyclic) bond motifs is 1. The van der Waals surface area contributed by atoms with E-state index < -0.39 is 17.5 Å². The lowest BCUT2D eigenvalue weighted by molar-refractivity contribution is -0.134. The lowest BCUT2D eigenvalue weighted by Gasteiger charge is -2.22. The molecule has 4 amide bonds. The normalized spacial score (nSPS) is 21.3. The van der Waals surface area contributed by atoms with Gasteiger partial charge >= 0.3 is 6.03 Å². The Hall–Kier alpha value is -2.77. The van der Waals surface area contributed by atoms with E-state index in [-0.39, 0.29) is 19.2 Å². The summed E-state index contributed by atoms with van der Waals surface area (Å²) < 4.78 is 10.6. The number of carbonyl (C=O) groups excluding carboxylic acids is 3. The van der Waals surface area contributed by atoms with E-state index in [9.17, 15) is 14.4 Å². The molecule has 3 rings (SSSR count). The van der Waals surface area contributed by atoms with E-state index in [1.165, 1.54) is 0 Å². The Balaban J connectivity index is 1.67. The molecule has 26 heavy (non-hydrogen) atoms. The Morgan fingerprint density at radius 2 is 2.04 bits per heavy atom. The van der Waals surface area contributed by atoms with Crippen molar-refractivity contribution in [1.29, 1.82) is 0 Å². The molecule has 1 aromatic carbocycles. The highest BCUT2D eigenvalue weighted by molar-refractivity contribution is 6.08. The van der Waals surface area contributed by atoms with Crippen LogP contribution in [0.25, 0.3) is 0 Å². The van der Waals surface area contributed by atoms with Gasteiger partial charge in [-0.1, -0.05) is 19.9 Å². The first-order valence-corrected chi connectivity index (χ1v) is 8.58. The topological polar surface area (TPSA) is 97.0 Å². The monoisotopic (exact) mass is 361 g/mol. The second-order valence-electron chi connectivity index (χ2n) is 7.22. The van der Waals surface area contributed by atoms with Gasteiger partial charge in [0, 0.05) is 13.0 Å². The molecule has 1 saturated heterocycles. The third-order valence-corrected chi connectivity index (χ3v) is 4.35. The van der Waals surface area contributed by atoms with E-state index in [0.29, 0.717) is 30.4 Å². The van der Waals surface area contributed by atoms with Gasteiger partial charge in [-0.05, 0) is 30.5 Å². The summed E-state index contributed by atoms with van der Waals surface area (Å²) in [7, 11) is 0. The molecule has 1 atom stereocenters. The quantitative estimate of drug-likeness (QED) is 0.738. The summed E-state index contributed by atoms with van der Waals surface area (Å²) >= 11 is 0. The Bertz CT molecular complexity index is 748. The molecule has 140 valence electrons. The third kappa shape index (κ3) is 3.58. The van der Waals surface area contributed by atoms with Gasteiger partial charge in [-0.15, -0.1) is 0 Å². The van der Waals surface area contributed by atoms with Gasteiger partial charge in [-0.2, -0.15) is 0 Å². The van der Waals surface area contributed by atoms with E-state index in [4.69, 9.17) is 9.47 Å². The molecule has 0 radical (unpaired) electrons. The van der Waals surface area contributed by atoms with Crippen LogP contribution in [0.2, 0.25) is 0 Å². The van der Waals surface area contributed by atoms with E-state index in [0.717, 1.165) is 10.5 Å². The van der Waals surface area contributed by atoms with Crippen molar-refractivity contribution in [1.82, 2.24) is 15.5 Å². The zero-order valence-corrected chi connectivity index (χ0v) is 15.1. The number of hydrogen-bond donors (Lipinski definition) is 2. The van der Waals surface area contributed by atoms with Crippen LogP contribution in [-0.4, -0.2) is 48.2 Å². The molecule has 0 aromatic heterocycles. The Kier molecular flexibility index (Phi) is 4.76.